The third-order valence-corrected chi connectivity index (χ3v) is 3.44. The van der Waals surface area contributed by atoms with E-state index < -0.39 is 0 Å². The zero-order chi connectivity index (χ0) is 12.1. The van der Waals surface area contributed by atoms with Crippen molar-refractivity contribution in [2.75, 3.05) is 12.5 Å². The predicted molar refractivity (Wildman–Crippen MR) is 75.1 cm³/mol. The second-order valence-electron chi connectivity index (χ2n) is 3.68. The van der Waals surface area contributed by atoms with Gasteiger partial charge in [0, 0.05) is 16.3 Å². The second kappa shape index (κ2) is 6.39. The Morgan fingerprint density at radius 1 is 1.24 bits per heavy atom. The highest BCUT2D eigenvalue weighted by atomic mass is 79.9. The summed E-state index contributed by atoms with van der Waals surface area (Å²) in [7, 11) is 0. The average Bonchev–Trinajstić information content (AvgIpc) is 2.37. The van der Waals surface area contributed by atoms with Gasteiger partial charge in [-0.2, -0.15) is 0 Å². The van der Waals surface area contributed by atoms with Gasteiger partial charge < -0.3 is 4.74 Å². The molecule has 1 radical (unpaired) electrons. The zero-order valence-electron chi connectivity index (χ0n) is 9.27. The molecule has 0 aromatic heterocycles. The molecular weight excluding hydrogens is 300 g/mol. The summed E-state index contributed by atoms with van der Waals surface area (Å²) in [4.78, 5) is 0. The monoisotopic (exact) mass is 311 g/mol. The summed E-state index contributed by atoms with van der Waals surface area (Å²) in [5.41, 5.74) is 1.21. The number of rotatable bonds is 4. The van der Waals surface area contributed by atoms with Gasteiger partial charge in [-0.15, -0.1) is 11.6 Å². The van der Waals surface area contributed by atoms with E-state index in [1.54, 1.807) is 0 Å². The maximum atomic E-state index is 5.68. The van der Waals surface area contributed by atoms with Crippen LogP contribution in [0.2, 0.25) is 0 Å². The molecule has 0 bridgehead atoms. The van der Waals surface area contributed by atoms with E-state index in [1.807, 2.05) is 36.4 Å². The summed E-state index contributed by atoms with van der Waals surface area (Å²) < 4.78 is 6.77. The van der Waals surface area contributed by atoms with Gasteiger partial charge in [0.2, 0.25) is 0 Å². The lowest BCUT2D eigenvalue weighted by Gasteiger charge is -2.24. The lowest BCUT2D eigenvalue weighted by Crippen LogP contribution is -2.14. The lowest BCUT2D eigenvalue weighted by atomic mass is 9.90. The minimum absolute atomic E-state index is 0.166. The Bertz CT molecular complexity index is 428. The van der Waals surface area contributed by atoms with Gasteiger partial charge in [0.25, 0.3) is 0 Å². The molecule has 1 atom stereocenters. The second-order valence-corrected chi connectivity index (χ2v) is 4.92. The highest BCUT2D eigenvalue weighted by molar-refractivity contribution is 9.10. The number of ether oxygens (including phenoxy) is 1. The first kappa shape index (κ1) is 12.9. The molecule has 3 heteroatoms. The molecule has 0 spiro atoms. The molecule has 0 saturated heterocycles. The van der Waals surface area contributed by atoms with Crippen molar-refractivity contribution in [2.24, 2.45) is 0 Å². The molecule has 0 heterocycles. The smallest absolute Gasteiger partial charge is 0.130 e. The fraction of sp³-hybridized carbons (Fsp3) is 0.214. The van der Waals surface area contributed by atoms with Crippen LogP contribution in [0.25, 0.3) is 0 Å². The number of benzene rings is 1. The van der Waals surface area contributed by atoms with Crippen molar-refractivity contribution in [3.63, 3.8) is 0 Å². The number of allylic oxidation sites excluding steroid dienone is 2. The Labute approximate surface area is 115 Å². The van der Waals surface area contributed by atoms with Gasteiger partial charge in [-0.3, -0.25) is 0 Å². The van der Waals surface area contributed by atoms with E-state index >= 15 is 0 Å². The van der Waals surface area contributed by atoms with E-state index in [4.69, 9.17) is 16.3 Å². The van der Waals surface area contributed by atoms with Crippen LogP contribution >= 0.6 is 27.5 Å². The normalized spacial score (nSPS) is 19.8. The van der Waals surface area contributed by atoms with Crippen molar-refractivity contribution >= 4 is 27.5 Å². The molecule has 1 nitrogen and oxygen atoms in total. The molecular formula is C14H13BrClO. The van der Waals surface area contributed by atoms with Gasteiger partial charge in [-0.1, -0.05) is 52.4 Å². The molecule has 0 saturated carbocycles. The van der Waals surface area contributed by atoms with Crippen LogP contribution in [0.15, 0.2) is 53.0 Å². The molecule has 0 amide bonds. The van der Waals surface area contributed by atoms with Crippen molar-refractivity contribution in [3.05, 3.63) is 64.7 Å². The van der Waals surface area contributed by atoms with E-state index in [0.717, 1.165) is 10.6 Å². The summed E-state index contributed by atoms with van der Waals surface area (Å²) in [6.45, 7) is 0.538. The van der Waals surface area contributed by atoms with E-state index in [0.29, 0.717) is 12.5 Å². The third kappa shape index (κ3) is 3.21. The standard InChI is InChI=1S/C14H13BrClO/c15-13-7-3-1-5-11(13)12-6-2-4-8-14(12)17-10-9-16/h1-8,12H,9-10H2. The first-order valence-electron chi connectivity index (χ1n) is 5.48. The number of alkyl halides is 1. The van der Waals surface area contributed by atoms with Gasteiger partial charge in [0.05, 0.1) is 6.61 Å². The van der Waals surface area contributed by atoms with E-state index in [9.17, 15) is 0 Å². The zero-order valence-corrected chi connectivity index (χ0v) is 11.6. The fourth-order valence-corrected chi connectivity index (χ4v) is 2.41. The molecule has 89 valence electrons. The van der Waals surface area contributed by atoms with E-state index in [1.165, 1.54) is 5.56 Å². The van der Waals surface area contributed by atoms with Crippen LogP contribution in [0.1, 0.15) is 11.5 Å². The van der Waals surface area contributed by atoms with Crippen LogP contribution in [0.5, 0.6) is 0 Å². The summed E-state index contributed by atoms with van der Waals surface area (Å²) in [6, 6.07) is 8.18. The lowest BCUT2D eigenvalue weighted by molar-refractivity contribution is 0.168. The molecule has 17 heavy (non-hydrogen) atoms. The molecule has 1 aromatic rings. The van der Waals surface area contributed by atoms with Gasteiger partial charge in [0.1, 0.15) is 6.10 Å². The Kier molecular flexibility index (Phi) is 4.84. The van der Waals surface area contributed by atoms with Crippen molar-refractivity contribution in [1.82, 2.24) is 0 Å². The van der Waals surface area contributed by atoms with Gasteiger partial charge in [-0.25, -0.2) is 0 Å². The Balaban J connectivity index is 2.20. The number of halogens is 2. The largest absolute Gasteiger partial charge is 0.365 e. The van der Waals surface area contributed by atoms with Crippen LogP contribution in [-0.4, -0.2) is 12.5 Å². The van der Waals surface area contributed by atoms with Crippen molar-refractivity contribution in [3.8, 4) is 0 Å². The first-order chi connectivity index (χ1) is 8.33. The van der Waals surface area contributed by atoms with Crippen molar-refractivity contribution < 1.29 is 4.74 Å². The van der Waals surface area contributed by atoms with Gasteiger partial charge in [0.15, 0.2) is 0 Å². The molecule has 0 N–H and O–H groups in total. The Morgan fingerprint density at radius 3 is 2.82 bits per heavy atom. The summed E-state index contributed by atoms with van der Waals surface area (Å²) in [5, 5.41) is 0. The maximum Gasteiger partial charge on any atom is 0.130 e. The Hall–Kier alpha value is -0.570. The summed E-state index contributed by atoms with van der Waals surface area (Å²) in [6.07, 6.45) is 9.09. The minimum atomic E-state index is 0.166. The third-order valence-electron chi connectivity index (χ3n) is 2.57. The Morgan fingerprint density at radius 2 is 2.06 bits per heavy atom. The minimum Gasteiger partial charge on any atom is -0.365 e. The first-order valence-corrected chi connectivity index (χ1v) is 6.80. The van der Waals surface area contributed by atoms with Crippen LogP contribution < -0.4 is 0 Å². The van der Waals surface area contributed by atoms with Crippen LogP contribution in [0, 0.1) is 6.10 Å². The molecule has 1 unspecified atom stereocenters. The van der Waals surface area contributed by atoms with Crippen molar-refractivity contribution in [1.29, 1.82) is 0 Å². The topological polar surface area (TPSA) is 9.23 Å². The van der Waals surface area contributed by atoms with E-state index in [2.05, 4.69) is 28.1 Å². The van der Waals surface area contributed by atoms with Crippen molar-refractivity contribution in [2.45, 2.75) is 5.92 Å². The van der Waals surface area contributed by atoms with Gasteiger partial charge in [-0.05, 0) is 17.7 Å². The van der Waals surface area contributed by atoms with Gasteiger partial charge >= 0.3 is 0 Å². The predicted octanol–water partition coefficient (Wildman–Crippen LogP) is 4.45. The highest BCUT2D eigenvalue weighted by Crippen LogP contribution is 2.36. The fourth-order valence-electron chi connectivity index (χ4n) is 1.80. The van der Waals surface area contributed by atoms with E-state index in [-0.39, 0.29) is 5.92 Å². The van der Waals surface area contributed by atoms with Crippen LogP contribution in [0.4, 0.5) is 0 Å². The molecule has 2 rings (SSSR count). The molecule has 1 aromatic carbocycles. The summed E-state index contributed by atoms with van der Waals surface area (Å²) in [5.74, 6) is 0.669. The molecule has 0 fully saturated rings. The SMILES string of the molecule is ClCCO[C]1C=CC=CC1c1ccccc1Br. The average molecular weight is 313 g/mol. The highest BCUT2D eigenvalue weighted by Gasteiger charge is 2.23. The maximum absolute atomic E-state index is 5.68. The number of hydrogen-bond donors (Lipinski definition) is 0. The van der Waals surface area contributed by atoms with Crippen LogP contribution in [0.3, 0.4) is 0 Å². The quantitative estimate of drug-likeness (QED) is 0.747. The van der Waals surface area contributed by atoms with Crippen LogP contribution in [-0.2, 0) is 4.74 Å². The molecule has 1 aliphatic carbocycles. The molecule has 1 aliphatic rings. The molecule has 0 aliphatic heterocycles. The number of hydrogen-bond acceptors (Lipinski definition) is 1. The summed E-state index contributed by atoms with van der Waals surface area (Å²) >= 11 is 9.23.